The van der Waals surface area contributed by atoms with Crippen molar-refractivity contribution in [3.05, 3.63) is 29.8 Å². The third-order valence-corrected chi connectivity index (χ3v) is 1.96. The maximum absolute atomic E-state index is 11.7. The second kappa shape index (κ2) is 5.75. The van der Waals surface area contributed by atoms with Gasteiger partial charge in [-0.15, -0.1) is 0 Å². The third-order valence-electron chi connectivity index (χ3n) is 1.96. The highest BCUT2D eigenvalue weighted by atomic mass is 19.4. The summed E-state index contributed by atoms with van der Waals surface area (Å²) in [7, 11) is 1.56. The summed E-state index contributed by atoms with van der Waals surface area (Å²) >= 11 is 0. The molecule has 5 heteroatoms. The average molecular weight is 234 g/mol. The van der Waals surface area contributed by atoms with Crippen LogP contribution in [0.3, 0.4) is 0 Å². The Morgan fingerprint density at radius 1 is 1.12 bits per heavy atom. The summed E-state index contributed by atoms with van der Waals surface area (Å²) in [6, 6.07) is 7.13. The number of alkyl halides is 3. The van der Waals surface area contributed by atoms with E-state index in [1.54, 1.807) is 31.4 Å². The Labute approximate surface area is 92.0 Å². The Bertz CT molecular complexity index is 306. The van der Waals surface area contributed by atoms with Gasteiger partial charge in [-0.2, -0.15) is 13.2 Å². The molecule has 1 rings (SSSR count). The number of halogens is 3. The lowest BCUT2D eigenvalue weighted by molar-refractivity contribution is -0.173. The van der Waals surface area contributed by atoms with E-state index in [4.69, 9.17) is 4.74 Å². The third kappa shape index (κ3) is 5.02. The van der Waals surface area contributed by atoms with Crippen molar-refractivity contribution in [2.24, 2.45) is 0 Å². The average Bonchev–Trinajstić information content (AvgIpc) is 2.24. The van der Waals surface area contributed by atoms with Crippen LogP contribution in [0.2, 0.25) is 0 Å². The van der Waals surface area contributed by atoms with Gasteiger partial charge in [0.05, 0.1) is 13.7 Å². The number of benzene rings is 1. The summed E-state index contributed by atoms with van der Waals surface area (Å²) in [6.45, 7) is -1.13. The molecule has 0 atom stereocenters. The largest absolute Gasteiger partial charge is 0.497 e. The Hall–Kier alpha value is -1.23. The van der Waals surface area contributed by atoms with Crippen LogP contribution in [-0.4, -0.2) is 26.5 Å². The molecule has 0 fully saturated rings. The molecule has 1 aromatic carbocycles. The molecule has 0 spiro atoms. The number of methoxy groups -OCH3 is 1. The summed E-state index contributed by atoms with van der Waals surface area (Å²) in [4.78, 5) is 0. The minimum Gasteiger partial charge on any atom is -0.497 e. The lowest BCUT2D eigenvalue weighted by Crippen LogP contribution is -2.17. The van der Waals surface area contributed by atoms with E-state index in [0.29, 0.717) is 6.42 Å². The molecule has 0 aliphatic rings. The van der Waals surface area contributed by atoms with Gasteiger partial charge >= 0.3 is 6.18 Å². The smallest absolute Gasteiger partial charge is 0.411 e. The molecule has 0 amide bonds. The highest BCUT2D eigenvalue weighted by Crippen LogP contribution is 2.15. The van der Waals surface area contributed by atoms with Gasteiger partial charge in [-0.1, -0.05) is 12.1 Å². The van der Waals surface area contributed by atoms with Crippen LogP contribution in [0.1, 0.15) is 5.56 Å². The van der Waals surface area contributed by atoms with Gasteiger partial charge in [-0.3, -0.25) is 0 Å². The minimum atomic E-state index is -4.25. The molecule has 1 aromatic rings. The molecule has 0 aliphatic carbocycles. The Balaban J connectivity index is 2.27. The molecular formula is C11H13F3O2. The normalized spacial score (nSPS) is 11.5. The molecule has 0 saturated carbocycles. The molecule has 0 saturated heterocycles. The first-order valence-corrected chi connectivity index (χ1v) is 4.79. The van der Waals surface area contributed by atoms with E-state index in [1.807, 2.05) is 0 Å². The van der Waals surface area contributed by atoms with E-state index in [9.17, 15) is 13.2 Å². The summed E-state index contributed by atoms with van der Waals surface area (Å²) in [5.41, 5.74) is 0.919. The molecule has 0 aliphatic heterocycles. The maximum Gasteiger partial charge on any atom is 0.411 e. The molecule has 0 aromatic heterocycles. The van der Waals surface area contributed by atoms with Crippen LogP contribution in [0.15, 0.2) is 24.3 Å². The minimum absolute atomic E-state index is 0.0613. The highest BCUT2D eigenvalue weighted by molar-refractivity contribution is 5.27. The monoisotopic (exact) mass is 234 g/mol. The first kappa shape index (κ1) is 12.8. The topological polar surface area (TPSA) is 18.5 Å². The van der Waals surface area contributed by atoms with Gasteiger partial charge in [-0.05, 0) is 24.1 Å². The number of hydrogen-bond donors (Lipinski definition) is 0. The van der Waals surface area contributed by atoms with Gasteiger partial charge in [0.2, 0.25) is 0 Å². The second-order valence-electron chi connectivity index (χ2n) is 3.27. The quantitative estimate of drug-likeness (QED) is 0.729. The summed E-state index contributed by atoms with van der Waals surface area (Å²) in [5, 5.41) is 0. The van der Waals surface area contributed by atoms with Crippen molar-refractivity contribution in [1.29, 1.82) is 0 Å². The Kier molecular flexibility index (Phi) is 4.61. The number of hydrogen-bond acceptors (Lipinski definition) is 2. The summed E-state index contributed by atoms with van der Waals surface area (Å²) in [5.74, 6) is 0.722. The van der Waals surface area contributed by atoms with Crippen LogP contribution in [0.5, 0.6) is 5.75 Å². The van der Waals surface area contributed by atoms with Gasteiger partial charge in [0.25, 0.3) is 0 Å². The molecule has 90 valence electrons. The van der Waals surface area contributed by atoms with E-state index in [0.717, 1.165) is 11.3 Å². The first-order chi connectivity index (χ1) is 7.51. The standard InChI is InChI=1S/C11H13F3O2/c1-15-10-4-2-9(3-5-10)6-7-16-8-11(12,13)14/h2-5H,6-8H2,1H3. The zero-order valence-corrected chi connectivity index (χ0v) is 8.88. The van der Waals surface area contributed by atoms with Crippen molar-refractivity contribution in [2.75, 3.05) is 20.3 Å². The molecule has 0 radical (unpaired) electrons. The predicted molar refractivity (Wildman–Crippen MR) is 53.6 cm³/mol. The highest BCUT2D eigenvalue weighted by Gasteiger charge is 2.27. The van der Waals surface area contributed by atoms with Crippen LogP contribution in [0, 0.1) is 0 Å². The number of ether oxygens (including phenoxy) is 2. The van der Waals surface area contributed by atoms with E-state index in [2.05, 4.69) is 4.74 Å². The molecule has 2 nitrogen and oxygen atoms in total. The van der Waals surface area contributed by atoms with Crippen molar-refractivity contribution in [2.45, 2.75) is 12.6 Å². The van der Waals surface area contributed by atoms with Crippen LogP contribution in [0.25, 0.3) is 0 Å². The van der Waals surface area contributed by atoms with Crippen molar-refractivity contribution < 1.29 is 22.6 Å². The van der Waals surface area contributed by atoms with Gasteiger partial charge in [0.1, 0.15) is 12.4 Å². The lowest BCUT2D eigenvalue weighted by atomic mass is 10.1. The molecule has 0 N–H and O–H groups in total. The SMILES string of the molecule is COc1ccc(CCOCC(F)(F)F)cc1. The van der Waals surface area contributed by atoms with E-state index in [1.165, 1.54) is 0 Å². The van der Waals surface area contributed by atoms with Gasteiger partial charge in [-0.25, -0.2) is 0 Å². The summed E-state index contributed by atoms with van der Waals surface area (Å²) in [6.07, 6.45) is -3.79. The fourth-order valence-corrected chi connectivity index (χ4v) is 1.17. The van der Waals surface area contributed by atoms with Crippen LogP contribution >= 0.6 is 0 Å². The summed E-state index contributed by atoms with van der Waals surface area (Å²) < 4.78 is 44.7. The molecule has 16 heavy (non-hydrogen) atoms. The zero-order chi connectivity index (χ0) is 12.0. The van der Waals surface area contributed by atoms with Crippen molar-refractivity contribution in [3.63, 3.8) is 0 Å². The van der Waals surface area contributed by atoms with Crippen LogP contribution in [-0.2, 0) is 11.2 Å². The van der Waals surface area contributed by atoms with Gasteiger partial charge in [0, 0.05) is 0 Å². The van der Waals surface area contributed by atoms with Crippen LogP contribution in [0.4, 0.5) is 13.2 Å². The first-order valence-electron chi connectivity index (χ1n) is 4.79. The Morgan fingerprint density at radius 3 is 2.25 bits per heavy atom. The van der Waals surface area contributed by atoms with E-state index < -0.39 is 12.8 Å². The van der Waals surface area contributed by atoms with E-state index in [-0.39, 0.29) is 6.61 Å². The Morgan fingerprint density at radius 2 is 1.75 bits per heavy atom. The van der Waals surface area contributed by atoms with E-state index >= 15 is 0 Å². The van der Waals surface area contributed by atoms with Crippen molar-refractivity contribution in [1.82, 2.24) is 0 Å². The van der Waals surface area contributed by atoms with Gasteiger partial charge in [0.15, 0.2) is 0 Å². The molecular weight excluding hydrogens is 221 g/mol. The number of rotatable bonds is 5. The van der Waals surface area contributed by atoms with Crippen molar-refractivity contribution >= 4 is 0 Å². The fraction of sp³-hybridized carbons (Fsp3) is 0.455. The zero-order valence-electron chi connectivity index (χ0n) is 8.88. The van der Waals surface area contributed by atoms with Crippen molar-refractivity contribution in [3.8, 4) is 5.75 Å². The molecule has 0 bridgehead atoms. The molecule has 0 unspecified atom stereocenters. The maximum atomic E-state index is 11.7. The molecule has 0 heterocycles. The second-order valence-corrected chi connectivity index (χ2v) is 3.27. The van der Waals surface area contributed by atoms with Gasteiger partial charge < -0.3 is 9.47 Å². The predicted octanol–water partition coefficient (Wildman–Crippen LogP) is 2.82. The fourth-order valence-electron chi connectivity index (χ4n) is 1.17. The van der Waals surface area contributed by atoms with Crippen LogP contribution < -0.4 is 4.74 Å². The lowest BCUT2D eigenvalue weighted by Gasteiger charge is -2.07.